The smallest absolute Gasteiger partial charge is 0.0180 e. The monoisotopic (exact) mass is 232 g/mol. The Morgan fingerprint density at radius 3 is 2.40 bits per heavy atom. The van der Waals surface area contributed by atoms with Crippen molar-refractivity contribution in [1.29, 1.82) is 0 Å². The fourth-order valence-electron chi connectivity index (χ4n) is 1.51. The Balaban J connectivity index is 3.94. The second-order valence-electron chi connectivity index (χ2n) is 5.12. The average molecular weight is 232 g/mol. The molecule has 2 nitrogen and oxygen atoms in total. The number of thioether (sulfide) groups is 1. The predicted molar refractivity (Wildman–Crippen MR) is 72.5 cm³/mol. The lowest BCUT2D eigenvalue weighted by atomic mass is 9.89. The highest BCUT2D eigenvalue weighted by molar-refractivity contribution is 7.98. The van der Waals surface area contributed by atoms with Crippen molar-refractivity contribution in [2.45, 2.75) is 39.7 Å². The van der Waals surface area contributed by atoms with Gasteiger partial charge in [-0.3, -0.25) is 0 Å². The summed E-state index contributed by atoms with van der Waals surface area (Å²) in [5, 5.41) is 0. The van der Waals surface area contributed by atoms with Gasteiger partial charge in [-0.2, -0.15) is 11.8 Å². The molecule has 2 N–H and O–H groups in total. The molecule has 0 aromatic heterocycles. The van der Waals surface area contributed by atoms with E-state index in [9.17, 15) is 0 Å². The molecule has 0 fully saturated rings. The molecule has 0 amide bonds. The molecule has 0 saturated heterocycles. The normalized spacial score (nSPS) is 14.6. The highest BCUT2D eigenvalue weighted by Gasteiger charge is 2.18. The van der Waals surface area contributed by atoms with Crippen LogP contribution < -0.4 is 5.73 Å². The fraction of sp³-hybridized carbons (Fsp3) is 1.00. The van der Waals surface area contributed by atoms with Gasteiger partial charge in [0.25, 0.3) is 0 Å². The van der Waals surface area contributed by atoms with Crippen molar-refractivity contribution in [1.82, 2.24) is 4.90 Å². The van der Waals surface area contributed by atoms with Crippen LogP contribution in [0.1, 0.15) is 33.6 Å². The van der Waals surface area contributed by atoms with Crippen molar-refractivity contribution in [3.05, 3.63) is 0 Å². The molecule has 0 saturated carbocycles. The van der Waals surface area contributed by atoms with Gasteiger partial charge >= 0.3 is 0 Å². The molecule has 0 rings (SSSR count). The highest BCUT2D eigenvalue weighted by atomic mass is 32.2. The summed E-state index contributed by atoms with van der Waals surface area (Å²) in [6, 6.07) is 0.716. The first-order chi connectivity index (χ1) is 6.96. The molecule has 0 aromatic carbocycles. The van der Waals surface area contributed by atoms with Crippen LogP contribution in [0.25, 0.3) is 0 Å². The van der Waals surface area contributed by atoms with Crippen molar-refractivity contribution >= 4 is 11.8 Å². The highest BCUT2D eigenvalue weighted by Crippen LogP contribution is 2.19. The van der Waals surface area contributed by atoms with Crippen molar-refractivity contribution in [2.24, 2.45) is 11.1 Å². The number of hydrogen-bond acceptors (Lipinski definition) is 3. The van der Waals surface area contributed by atoms with E-state index in [2.05, 4.69) is 39.0 Å². The maximum atomic E-state index is 5.74. The number of nitrogens with two attached hydrogens (primary N) is 1. The Morgan fingerprint density at radius 1 is 1.40 bits per heavy atom. The lowest BCUT2D eigenvalue weighted by Gasteiger charge is -2.30. The van der Waals surface area contributed by atoms with E-state index in [1.807, 2.05) is 11.8 Å². The maximum Gasteiger partial charge on any atom is 0.0180 e. The third-order valence-electron chi connectivity index (χ3n) is 3.15. The van der Waals surface area contributed by atoms with Gasteiger partial charge in [0.15, 0.2) is 0 Å². The molecular formula is C12H28N2S. The maximum absolute atomic E-state index is 5.74. The van der Waals surface area contributed by atoms with Gasteiger partial charge in [0.05, 0.1) is 0 Å². The molecule has 0 heterocycles. The van der Waals surface area contributed by atoms with Crippen LogP contribution in [0, 0.1) is 5.41 Å². The number of nitrogens with zero attached hydrogens (tertiary/aromatic N) is 1. The molecule has 0 aliphatic rings. The van der Waals surface area contributed by atoms with Crippen LogP contribution in [0.5, 0.6) is 0 Å². The number of hydrogen-bond donors (Lipinski definition) is 1. The van der Waals surface area contributed by atoms with Crippen molar-refractivity contribution in [3.8, 4) is 0 Å². The van der Waals surface area contributed by atoms with Crippen LogP contribution in [0.3, 0.4) is 0 Å². The van der Waals surface area contributed by atoms with Crippen LogP contribution in [0.2, 0.25) is 0 Å². The second kappa shape index (κ2) is 7.53. The molecule has 0 spiro atoms. The van der Waals surface area contributed by atoms with E-state index >= 15 is 0 Å². The van der Waals surface area contributed by atoms with E-state index in [0.717, 1.165) is 13.1 Å². The molecule has 0 aliphatic heterocycles. The predicted octanol–water partition coefficient (Wildman–Crippen LogP) is 2.43. The summed E-state index contributed by atoms with van der Waals surface area (Å²) in [5.74, 6) is 1.23. The first-order valence-electron chi connectivity index (χ1n) is 5.86. The minimum Gasteiger partial charge on any atom is -0.330 e. The van der Waals surface area contributed by atoms with Gasteiger partial charge in [0, 0.05) is 11.8 Å². The molecule has 0 aromatic rings. The summed E-state index contributed by atoms with van der Waals surface area (Å²) in [4.78, 5) is 2.48. The third kappa shape index (κ3) is 6.44. The van der Waals surface area contributed by atoms with Gasteiger partial charge in [0.1, 0.15) is 0 Å². The first-order valence-corrected chi connectivity index (χ1v) is 7.25. The molecule has 15 heavy (non-hydrogen) atoms. The zero-order chi connectivity index (χ0) is 11.9. The quantitative estimate of drug-likeness (QED) is 0.697. The van der Waals surface area contributed by atoms with Gasteiger partial charge in [-0.1, -0.05) is 20.8 Å². The summed E-state index contributed by atoms with van der Waals surface area (Å²) in [5.41, 5.74) is 6.02. The summed E-state index contributed by atoms with van der Waals surface area (Å²) in [6.45, 7) is 8.70. The zero-order valence-corrected chi connectivity index (χ0v) is 11.9. The Kier molecular flexibility index (Phi) is 7.66. The average Bonchev–Trinajstić information content (AvgIpc) is 2.22. The lowest BCUT2D eigenvalue weighted by molar-refractivity contribution is 0.210. The lowest BCUT2D eigenvalue weighted by Crippen LogP contribution is -2.37. The standard InChI is InChI=1S/C12H28N2S/c1-6-11(9-15-5)14(4)8-7-12(2,3)10-13/h11H,6-10,13H2,1-5H3. The summed E-state index contributed by atoms with van der Waals surface area (Å²) in [6.07, 6.45) is 4.60. The Hall–Kier alpha value is 0.270. The third-order valence-corrected chi connectivity index (χ3v) is 3.87. The minimum absolute atomic E-state index is 0.284. The zero-order valence-electron chi connectivity index (χ0n) is 11.0. The van der Waals surface area contributed by atoms with Gasteiger partial charge < -0.3 is 10.6 Å². The van der Waals surface area contributed by atoms with Gasteiger partial charge in [0.2, 0.25) is 0 Å². The summed E-state index contributed by atoms with van der Waals surface area (Å²) in [7, 11) is 2.23. The SMILES string of the molecule is CCC(CSC)N(C)CCC(C)(C)CN. The van der Waals surface area contributed by atoms with Crippen molar-refractivity contribution in [2.75, 3.05) is 32.1 Å². The molecule has 92 valence electrons. The van der Waals surface area contributed by atoms with E-state index in [1.54, 1.807) is 0 Å². The molecule has 1 atom stereocenters. The number of rotatable bonds is 8. The van der Waals surface area contributed by atoms with E-state index in [1.165, 1.54) is 18.6 Å². The van der Waals surface area contributed by atoms with Gasteiger partial charge in [-0.25, -0.2) is 0 Å². The first kappa shape index (κ1) is 15.3. The van der Waals surface area contributed by atoms with Crippen LogP contribution in [0.15, 0.2) is 0 Å². The van der Waals surface area contributed by atoms with Crippen LogP contribution in [0.4, 0.5) is 0 Å². The van der Waals surface area contributed by atoms with Crippen LogP contribution >= 0.6 is 11.8 Å². The molecule has 0 bridgehead atoms. The second-order valence-corrected chi connectivity index (χ2v) is 6.03. The van der Waals surface area contributed by atoms with Crippen LogP contribution in [-0.4, -0.2) is 43.1 Å². The molecule has 1 unspecified atom stereocenters. The van der Waals surface area contributed by atoms with Crippen molar-refractivity contribution < 1.29 is 0 Å². The van der Waals surface area contributed by atoms with Gasteiger partial charge in [-0.15, -0.1) is 0 Å². The van der Waals surface area contributed by atoms with E-state index in [4.69, 9.17) is 5.73 Å². The molecular weight excluding hydrogens is 204 g/mol. The molecule has 0 radical (unpaired) electrons. The fourth-order valence-corrected chi connectivity index (χ4v) is 2.39. The molecule has 3 heteroatoms. The summed E-state index contributed by atoms with van der Waals surface area (Å²) < 4.78 is 0. The van der Waals surface area contributed by atoms with Crippen LogP contribution in [-0.2, 0) is 0 Å². The largest absolute Gasteiger partial charge is 0.330 e. The Morgan fingerprint density at radius 2 is 2.00 bits per heavy atom. The van der Waals surface area contributed by atoms with E-state index in [0.29, 0.717) is 6.04 Å². The van der Waals surface area contributed by atoms with E-state index < -0.39 is 0 Å². The summed E-state index contributed by atoms with van der Waals surface area (Å²) >= 11 is 1.94. The molecule has 0 aliphatic carbocycles. The van der Waals surface area contributed by atoms with E-state index in [-0.39, 0.29) is 5.41 Å². The topological polar surface area (TPSA) is 29.3 Å². The Labute approximate surface area is 100.0 Å². The van der Waals surface area contributed by atoms with Gasteiger partial charge in [-0.05, 0) is 44.6 Å². The van der Waals surface area contributed by atoms with Crippen molar-refractivity contribution in [3.63, 3.8) is 0 Å². The Bertz CT molecular complexity index is 160. The minimum atomic E-state index is 0.284.